The molecule has 8 heteroatoms. The van der Waals surface area contributed by atoms with Gasteiger partial charge in [0.2, 0.25) is 11.7 Å². The number of primary amides is 1. The van der Waals surface area contributed by atoms with Gasteiger partial charge in [-0.1, -0.05) is 53.8 Å². The number of thiazole rings is 1. The number of carbonyl (C=O) groups excluding carboxylic acids is 2. The topological polar surface area (TPSA) is 102 Å². The van der Waals surface area contributed by atoms with Crippen molar-refractivity contribution in [2.24, 2.45) is 5.73 Å². The van der Waals surface area contributed by atoms with Gasteiger partial charge in [0.05, 0.1) is 5.69 Å². The molecule has 0 aliphatic rings. The van der Waals surface area contributed by atoms with Gasteiger partial charge in [-0.05, 0) is 19.1 Å². The van der Waals surface area contributed by atoms with E-state index in [9.17, 15) is 14.0 Å². The zero-order valence-electron chi connectivity index (χ0n) is 14.4. The van der Waals surface area contributed by atoms with Crippen molar-refractivity contribution in [3.63, 3.8) is 0 Å². The lowest BCUT2D eigenvalue weighted by Crippen LogP contribution is -2.40. The second kappa shape index (κ2) is 7.55. The van der Waals surface area contributed by atoms with Crippen LogP contribution < -0.4 is 16.4 Å². The maximum atomic E-state index is 14.4. The summed E-state index contributed by atoms with van der Waals surface area (Å²) in [7, 11) is 0. The molecule has 0 bridgehead atoms. The number of nitrogen functional groups attached to an aromatic ring is 1. The average Bonchev–Trinajstić information content (AvgIpc) is 3.04. The molecule has 0 saturated heterocycles. The van der Waals surface area contributed by atoms with Crippen molar-refractivity contribution in [1.82, 2.24) is 4.98 Å². The van der Waals surface area contributed by atoms with Crippen LogP contribution in [0, 0.1) is 5.82 Å². The summed E-state index contributed by atoms with van der Waals surface area (Å²) >= 11 is 0.986. The van der Waals surface area contributed by atoms with Crippen LogP contribution in [0.25, 0.3) is 0 Å². The molecule has 1 unspecified atom stereocenters. The van der Waals surface area contributed by atoms with Gasteiger partial charge in [-0.3, -0.25) is 9.59 Å². The summed E-state index contributed by atoms with van der Waals surface area (Å²) in [6.07, 6.45) is 0. The van der Waals surface area contributed by atoms with Gasteiger partial charge in [-0.15, -0.1) is 0 Å². The van der Waals surface area contributed by atoms with E-state index < -0.39 is 17.8 Å². The maximum Gasteiger partial charge on any atom is 0.240 e. The van der Waals surface area contributed by atoms with Crippen LogP contribution >= 0.6 is 11.3 Å². The third kappa shape index (κ3) is 3.65. The number of halogens is 1. The summed E-state index contributed by atoms with van der Waals surface area (Å²) in [6, 6.07) is 13.7. The zero-order valence-corrected chi connectivity index (χ0v) is 15.2. The number of carbonyl (C=O) groups is 2. The van der Waals surface area contributed by atoms with Crippen molar-refractivity contribution < 1.29 is 14.0 Å². The molecule has 2 aromatic carbocycles. The Hall–Kier alpha value is -3.26. The first-order valence-electron chi connectivity index (χ1n) is 8.09. The smallest absolute Gasteiger partial charge is 0.240 e. The molecule has 3 aromatic rings. The standard InChI is InChI=1S/C19H17FN4O2S/c1-11(18(22)26)24(14-10-6-5-9-13(14)20)19-23-17(21)16(27-19)15(25)12-7-3-2-4-8-12/h2-11H,21H2,1H3,(H2,22,26). The lowest BCUT2D eigenvalue weighted by atomic mass is 10.1. The number of amides is 1. The number of hydrogen-bond acceptors (Lipinski definition) is 6. The van der Waals surface area contributed by atoms with E-state index in [0.29, 0.717) is 5.56 Å². The highest BCUT2D eigenvalue weighted by Gasteiger charge is 2.28. The monoisotopic (exact) mass is 384 g/mol. The predicted molar refractivity (Wildman–Crippen MR) is 104 cm³/mol. The Balaban J connectivity index is 2.08. The maximum absolute atomic E-state index is 14.4. The fourth-order valence-corrected chi connectivity index (χ4v) is 3.60. The van der Waals surface area contributed by atoms with Gasteiger partial charge in [-0.25, -0.2) is 9.37 Å². The molecule has 1 atom stereocenters. The van der Waals surface area contributed by atoms with Crippen molar-refractivity contribution in [3.8, 4) is 0 Å². The molecule has 0 fully saturated rings. The fraction of sp³-hybridized carbons (Fsp3) is 0.105. The fourth-order valence-electron chi connectivity index (χ4n) is 2.56. The van der Waals surface area contributed by atoms with E-state index in [4.69, 9.17) is 11.5 Å². The Labute approximate surface area is 159 Å². The van der Waals surface area contributed by atoms with Gasteiger partial charge < -0.3 is 16.4 Å². The highest BCUT2D eigenvalue weighted by Crippen LogP contribution is 2.36. The van der Waals surface area contributed by atoms with Gasteiger partial charge >= 0.3 is 0 Å². The summed E-state index contributed by atoms with van der Waals surface area (Å²) < 4.78 is 14.4. The molecule has 1 amide bonds. The van der Waals surface area contributed by atoms with Crippen LogP contribution in [0.5, 0.6) is 0 Å². The Morgan fingerprint density at radius 3 is 2.37 bits per heavy atom. The predicted octanol–water partition coefficient (Wildman–Crippen LogP) is 3.11. The van der Waals surface area contributed by atoms with Gasteiger partial charge in [0.25, 0.3) is 0 Å². The first kappa shape index (κ1) is 18.5. The number of aromatic nitrogens is 1. The van der Waals surface area contributed by atoms with Crippen LogP contribution in [-0.2, 0) is 4.79 Å². The van der Waals surface area contributed by atoms with Gasteiger partial charge in [0.1, 0.15) is 22.6 Å². The second-order valence-electron chi connectivity index (χ2n) is 5.81. The van der Waals surface area contributed by atoms with Crippen LogP contribution in [0.4, 0.5) is 21.0 Å². The number of benzene rings is 2. The lowest BCUT2D eigenvalue weighted by molar-refractivity contribution is -0.118. The van der Waals surface area contributed by atoms with E-state index in [1.54, 1.807) is 36.4 Å². The minimum Gasteiger partial charge on any atom is -0.382 e. The Bertz CT molecular complexity index is 990. The number of rotatable bonds is 6. The van der Waals surface area contributed by atoms with Crippen LogP contribution in [-0.4, -0.2) is 22.7 Å². The minimum atomic E-state index is -0.896. The van der Waals surface area contributed by atoms with E-state index in [1.165, 1.54) is 30.0 Å². The molecule has 1 heterocycles. The number of nitrogens with two attached hydrogens (primary N) is 2. The molecule has 27 heavy (non-hydrogen) atoms. The molecule has 0 aliphatic carbocycles. The minimum absolute atomic E-state index is 0.0156. The third-order valence-corrected chi connectivity index (χ3v) is 5.07. The molecule has 0 saturated carbocycles. The molecule has 1 aromatic heterocycles. The van der Waals surface area contributed by atoms with Gasteiger partial charge in [-0.2, -0.15) is 0 Å². The summed E-state index contributed by atoms with van der Waals surface area (Å²) in [5.41, 5.74) is 12.0. The van der Waals surface area contributed by atoms with E-state index in [0.717, 1.165) is 11.3 Å². The number of nitrogens with zero attached hydrogens (tertiary/aromatic N) is 2. The second-order valence-corrected chi connectivity index (χ2v) is 6.78. The highest BCUT2D eigenvalue weighted by atomic mass is 32.1. The molecule has 138 valence electrons. The summed E-state index contributed by atoms with van der Waals surface area (Å²) in [5.74, 6) is -1.49. The van der Waals surface area contributed by atoms with Crippen molar-refractivity contribution in [1.29, 1.82) is 0 Å². The zero-order chi connectivity index (χ0) is 19.6. The normalized spacial score (nSPS) is 11.8. The summed E-state index contributed by atoms with van der Waals surface area (Å²) in [6.45, 7) is 1.53. The van der Waals surface area contributed by atoms with E-state index >= 15 is 0 Å². The molecule has 6 nitrogen and oxygen atoms in total. The van der Waals surface area contributed by atoms with Gasteiger partial charge in [0, 0.05) is 5.56 Å². The summed E-state index contributed by atoms with van der Waals surface area (Å²) in [5, 5.41) is 0.211. The molecule has 0 spiro atoms. The van der Waals surface area contributed by atoms with E-state index in [2.05, 4.69) is 4.98 Å². The lowest BCUT2D eigenvalue weighted by Gasteiger charge is -2.26. The molecular weight excluding hydrogens is 367 g/mol. The Morgan fingerprint density at radius 1 is 1.11 bits per heavy atom. The van der Waals surface area contributed by atoms with Gasteiger partial charge in [0.15, 0.2) is 5.13 Å². The van der Waals surface area contributed by atoms with Crippen LogP contribution in [0.2, 0.25) is 0 Å². The highest BCUT2D eigenvalue weighted by molar-refractivity contribution is 7.18. The van der Waals surface area contributed by atoms with Crippen LogP contribution in [0.3, 0.4) is 0 Å². The third-order valence-electron chi connectivity index (χ3n) is 4.00. The average molecular weight is 384 g/mol. The van der Waals surface area contributed by atoms with Crippen molar-refractivity contribution in [3.05, 3.63) is 70.9 Å². The van der Waals surface area contributed by atoms with E-state index in [-0.39, 0.29) is 27.3 Å². The Morgan fingerprint density at radius 2 is 1.74 bits per heavy atom. The van der Waals surface area contributed by atoms with E-state index in [1.807, 2.05) is 0 Å². The molecule has 4 N–H and O–H groups in total. The largest absolute Gasteiger partial charge is 0.382 e. The molecule has 0 radical (unpaired) electrons. The summed E-state index contributed by atoms with van der Waals surface area (Å²) in [4.78, 5) is 30.3. The molecule has 0 aliphatic heterocycles. The number of para-hydroxylation sites is 1. The first-order chi connectivity index (χ1) is 12.9. The molecular formula is C19H17FN4O2S. The van der Waals surface area contributed by atoms with Crippen molar-refractivity contribution in [2.45, 2.75) is 13.0 Å². The SMILES string of the molecule is CC(C(N)=O)N(c1nc(N)c(C(=O)c2ccccc2)s1)c1ccccc1F. The van der Waals surface area contributed by atoms with Crippen molar-refractivity contribution >= 4 is 39.7 Å². The Kier molecular flexibility index (Phi) is 5.18. The van der Waals surface area contributed by atoms with Crippen molar-refractivity contribution in [2.75, 3.05) is 10.6 Å². The quantitative estimate of drug-likeness (QED) is 0.636. The number of hydrogen-bond donors (Lipinski definition) is 2. The van der Waals surface area contributed by atoms with Crippen LogP contribution in [0.15, 0.2) is 54.6 Å². The molecule has 3 rings (SSSR count). The van der Waals surface area contributed by atoms with Crippen LogP contribution in [0.1, 0.15) is 22.2 Å². The first-order valence-corrected chi connectivity index (χ1v) is 8.91. The number of anilines is 3. The number of ketones is 1.